The number of furan rings is 1. The van der Waals surface area contributed by atoms with Crippen LogP contribution in [0.15, 0.2) is 28.9 Å². The maximum absolute atomic E-state index is 13.2. The molecular weight excluding hydrogens is 213 g/mol. The van der Waals surface area contributed by atoms with Crippen molar-refractivity contribution >= 4 is 16.9 Å². The molecular formula is C11H10FNO3. The molecule has 3 N–H and O–H groups in total. The van der Waals surface area contributed by atoms with Gasteiger partial charge in [-0.25, -0.2) is 4.39 Å². The van der Waals surface area contributed by atoms with Crippen LogP contribution in [-0.2, 0) is 11.2 Å². The average molecular weight is 223 g/mol. The lowest BCUT2D eigenvalue weighted by atomic mass is 10.0. The van der Waals surface area contributed by atoms with Gasteiger partial charge < -0.3 is 15.3 Å². The highest BCUT2D eigenvalue weighted by Crippen LogP contribution is 2.22. The summed E-state index contributed by atoms with van der Waals surface area (Å²) >= 11 is 0. The molecule has 0 saturated heterocycles. The maximum atomic E-state index is 13.2. The van der Waals surface area contributed by atoms with E-state index in [9.17, 15) is 9.18 Å². The summed E-state index contributed by atoms with van der Waals surface area (Å²) in [4.78, 5) is 10.6. The van der Waals surface area contributed by atoms with Crippen LogP contribution in [0, 0.1) is 5.82 Å². The highest BCUT2D eigenvalue weighted by Gasteiger charge is 2.16. The van der Waals surface area contributed by atoms with E-state index in [0.717, 1.165) is 0 Å². The van der Waals surface area contributed by atoms with Gasteiger partial charge in [0.05, 0.1) is 6.26 Å². The summed E-state index contributed by atoms with van der Waals surface area (Å²) in [6.45, 7) is 0. The summed E-state index contributed by atoms with van der Waals surface area (Å²) in [5.74, 6) is -1.55. The molecule has 0 amide bonds. The Kier molecular flexibility index (Phi) is 2.62. The van der Waals surface area contributed by atoms with Crippen molar-refractivity contribution in [2.45, 2.75) is 12.5 Å². The lowest BCUT2D eigenvalue weighted by molar-refractivity contribution is -0.138. The zero-order chi connectivity index (χ0) is 11.7. The molecule has 5 heteroatoms. The predicted octanol–water partition coefficient (Wildman–Crippen LogP) is 1.53. The van der Waals surface area contributed by atoms with Gasteiger partial charge in [-0.3, -0.25) is 4.79 Å². The van der Waals surface area contributed by atoms with Gasteiger partial charge in [0.15, 0.2) is 0 Å². The molecule has 0 bridgehead atoms. The van der Waals surface area contributed by atoms with Crippen LogP contribution in [0.5, 0.6) is 0 Å². The molecule has 1 unspecified atom stereocenters. The van der Waals surface area contributed by atoms with Crippen molar-refractivity contribution in [3.8, 4) is 0 Å². The number of carboxylic acid groups (broad SMARTS) is 1. The van der Waals surface area contributed by atoms with Crippen molar-refractivity contribution < 1.29 is 18.7 Å². The molecule has 1 aromatic heterocycles. The first kappa shape index (κ1) is 10.6. The summed E-state index contributed by atoms with van der Waals surface area (Å²) in [7, 11) is 0. The smallest absolute Gasteiger partial charge is 0.320 e. The first-order valence-corrected chi connectivity index (χ1v) is 4.72. The molecule has 0 saturated carbocycles. The zero-order valence-corrected chi connectivity index (χ0v) is 8.31. The van der Waals surface area contributed by atoms with Crippen LogP contribution in [0.2, 0.25) is 0 Å². The molecule has 1 heterocycles. The molecule has 0 aliphatic rings. The Morgan fingerprint density at radius 1 is 1.56 bits per heavy atom. The second kappa shape index (κ2) is 3.94. The van der Waals surface area contributed by atoms with Gasteiger partial charge in [0.2, 0.25) is 0 Å². The minimum atomic E-state index is -1.12. The van der Waals surface area contributed by atoms with Crippen molar-refractivity contribution in [3.63, 3.8) is 0 Å². The number of hydrogen-bond donors (Lipinski definition) is 2. The fourth-order valence-corrected chi connectivity index (χ4v) is 1.59. The lowest BCUT2D eigenvalue weighted by Crippen LogP contribution is -2.32. The van der Waals surface area contributed by atoms with E-state index in [0.29, 0.717) is 16.5 Å². The fraction of sp³-hybridized carbons (Fsp3) is 0.182. The normalized spacial score (nSPS) is 12.9. The van der Waals surface area contributed by atoms with E-state index < -0.39 is 17.8 Å². The number of rotatable bonds is 3. The zero-order valence-electron chi connectivity index (χ0n) is 8.31. The number of nitrogens with two attached hydrogens (primary N) is 1. The monoisotopic (exact) mass is 223 g/mol. The number of fused-ring (bicyclic) bond motifs is 1. The first-order valence-electron chi connectivity index (χ1n) is 4.72. The summed E-state index contributed by atoms with van der Waals surface area (Å²) in [5.41, 5.74) is 6.35. The molecule has 0 aliphatic carbocycles. The van der Waals surface area contributed by atoms with Crippen molar-refractivity contribution in [3.05, 3.63) is 35.8 Å². The van der Waals surface area contributed by atoms with Crippen LogP contribution in [0.3, 0.4) is 0 Å². The quantitative estimate of drug-likeness (QED) is 0.827. The van der Waals surface area contributed by atoms with E-state index in [1.165, 1.54) is 18.4 Å². The number of carboxylic acids is 1. The molecule has 84 valence electrons. The van der Waals surface area contributed by atoms with Crippen LogP contribution >= 0.6 is 0 Å². The maximum Gasteiger partial charge on any atom is 0.320 e. The molecule has 0 spiro atoms. The van der Waals surface area contributed by atoms with E-state index in [4.69, 9.17) is 15.3 Å². The van der Waals surface area contributed by atoms with Gasteiger partial charge in [-0.15, -0.1) is 0 Å². The van der Waals surface area contributed by atoms with Crippen LogP contribution in [-0.4, -0.2) is 17.1 Å². The van der Waals surface area contributed by atoms with Crippen LogP contribution in [0.1, 0.15) is 5.56 Å². The molecule has 1 aromatic carbocycles. The minimum absolute atomic E-state index is 0.0388. The van der Waals surface area contributed by atoms with E-state index in [1.54, 1.807) is 6.07 Å². The molecule has 2 aromatic rings. The Balaban J connectivity index is 2.42. The molecule has 0 aliphatic heterocycles. The van der Waals surface area contributed by atoms with E-state index >= 15 is 0 Å². The van der Waals surface area contributed by atoms with Gasteiger partial charge in [0.1, 0.15) is 17.4 Å². The summed E-state index contributed by atoms with van der Waals surface area (Å²) in [6, 6.07) is 3.13. The third-order valence-electron chi connectivity index (χ3n) is 2.35. The van der Waals surface area contributed by atoms with Crippen molar-refractivity contribution in [2.75, 3.05) is 0 Å². The number of hydrogen-bond acceptors (Lipinski definition) is 3. The third-order valence-corrected chi connectivity index (χ3v) is 2.35. The molecule has 16 heavy (non-hydrogen) atoms. The Morgan fingerprint density at radius 2 is 2.31 bits per heavy atom. The van der Waals surface area contributed by atoms with E-state index in [-0.39, 0.29) is 6.42 Å². The second-order valence-electron chi connectivity index (χ2n) is 3.55. The van der Waals surface area contributed by atoms with Crippen LogP contribution in [0.25, 0.3) is 11.0 Å². The molecule has 4 nitrogen and oxygen atoms in total. The molecule has 0 fully saturated rings. The largest absolute Gasteiger partial charge is 0.480 e. The van der Waals surface area contributed by atoms with Crippen molar-refractivity contribution in [1.29, 1.82) is 0 Å². The summed E-state index contributed by atoms with van der Waals surface area (Å²) in [6.07, 6.45) is 1.47. The Labute approximate surface area is 90.5 Å². The topological polar surface area (TPSA) is 76.5 Å². The highest BCUT2D eigenvalue weighted by molar-refractivity contribution is 5.81. The first-order chi connectivity index (χ1) is 7.58. The van der Waals surface area contributed by atoms with Gasteiger partial charge in [-0.1, -0.05) is 0 Å². The highest BCUT2D eigenvalue weighted by atomic mass is 19.1. The van der Waals surface area contributed by atoms with E-state index in [1.807, 2.05) is 0 Å². The van der Waals surface area contributed by atoms with Gasteiger partial charge >= 0.3 is 5.97 Å². The van der Waals surface area contributed by atoms with Crippen LogP contribution in [0.4, 0.5) is 4.39 Å². The number of carbonyl (C=O) groups is 1. The summed E-state index contributed by atoms with van der Waals surface area (Å²) < 4.78 is 18.4. The number of benzene rings is 1. The molecule has 1 atom stereocenters. The van der Waals surface area contributed by atoms with Gasteiger partial charge in [-0.2, -0.15) is 0 Å². The van der Waals surface area contributed by atoms with Gasteiger partial charge in [0.25, 0.3) is 0 Å². The minimum Gasteiger partial charge on any atom is -0.480 e. The standard InChI is InChI=1S/C11H10FNO3/c12-8-3-6-1-2-16-10(6)7(4-8)5-9(13)11(14)15/h1-4,9H,5,13H2,(H,14,15). The molecule has 2 rings (SSSR count). The van der Waals surface area contributed by atoms with Gasteiger partial charge in [0, 0.05) is 17.4 Å². The summed E-state index contributed by atoms with van der Waals surface area (Å²) in [5, 5.41) is 9.29. The Hall–Kier alpha value is -1.88. The lowest BCUT2D eigenvalue weighted by Gasteiger charge is -2.06. The second-order valence-corrected chi connectivity index (χ2v) is 3.55. The number of halogens is 1. The average Bonchev–Trinajstić information content (AvgIpc) is 2.65. The van der Waals surface area contributed by atoms with E-state index in [2.05, 4.69) is 0 Å². The number of aliphatic carboxylic acids is 1. The van der Waals surface area contributed by atoms with Crippen LogP contribution < -0.4 is 5.73 Å². The van der Waals surface area contributed by atoms with Gasteiger partial charge in [-0.05, 0) is 18.2 Å². The third kappa shape index (κ3) is 1.90. The SMILES string of the molecule is NC(Cc1cc(F)cc2ccoc12)C(=O)O. The van der Waals surface area contributed by atoms with Crippen molar-refractivity contribution in [2.24, 2.45) is 5.73 Å². The Bertz CT molecular complexity index is 535. The predicted molar refractivity (Wildman–Crippen MR) is 55.5 cm³/mol. The Morgan fingerprint density at radius 3 is 3.00 bits per heavy atom. The van der Waals surface area contributed by atoms with Crippen molar-refractivity contribution in [1.82, 2.24) is 0 Å². The molecule has 0 radical (unpaired) electrons. The fourth-order valence-electron chi connectivity index (χ4n) is 1.59.